The molecule has 0 saturated carbocycles. The summed E-state index contributed by atoms with van der Waals surface area (Å²) < 4.78 is 143. The smallest absolute Gasteiger partial charge is 1.00 e. The van der Waals surface area contributed by atoms with E-state index in [1.807, 2.05) is 24.3 Å². The van der Waals surface area contributed by atoms with Crippen molar-refractivity contribution in [2.75, 3.05) is 0 Å². The van der Waals surface area contributed by atoms with E-state index in [-0.39, 0.29) is 115 Å². The third-order valence-corrected chi connectivity index (χ3v) is 19.0. The van der Waals surface area contributed by atoms with Gasteiger partial charge in [-0.1, -0.05) is 218 Å². The largest absolute Gasteiger partial charge is 1.00 e. The van der Waals surface area contributed by atoms with Crippen molar-refractivity contribution < 1.29 is 168 Å². The van der Waals surface area contributed by atoms with Crippen LogP contribution >= 0.6 is 0 Å². The number of para-hydroxylation sites is 8. The maximum atomic E-state index is 14.7. The molecule has 0 N–H and O–H groups in total. The van der Waals surface area contributed by atoms with Crippen LogP contribution in [0.5, 0.6) is 0 Å². The predicted molar refractivity (Wildman–Crippen MR) is 392 cm³/mol. The van der Waals surface area contributed by atoms with E-state index < -0.39 is 58.1 Å². The standard InChI is InChI=1S/C60H36F3N5.C13H10.C12H4F7N.CH2O3.FH.2K.H/c61-60(62,63)38-35-33-37(34-36-38)55-56(65-47-25-9-1-17-39(47)40-18-2-10-26-48(40)65)58(67-51-29-13-5-21-43(51)44-22-6-14-30-52(44)67)64-59(68-53-31-15-7-23-45(53)46-24-8-16-32-54(46)68)57(55)66-49-27-11-3-19-41(49)42-20-4-12-28-50(42)66;1-3-7-12-10(5-1)9-11-6-2-4-8-13(11)12;13-8-7(9(14)11(16)20-10(8)15)5-1-3-6(4-2-5)12(17,18)19;2-1-4-3;;;;/h1-36H;1-8H,9H2;1-4H;1,3H;1H;;;/q;;;;;2*+1;-1/p-1. The van der Waals surface area contributed by atoms with Crippen LogP contribution < -0.4 is 108 Å². The second kappa shape index (κ2) is 31.3. The van der Waals surface area contributed by atoms with Gasteiger partial charge in [0, 0.05) is 48.7 Å². The summed E-state index contributed by atoms with van der Waals surface area (Å²) in [7, 11) is 0. The van der Waals surface area contributed by atoms with E-state index in [1.54, 1.807) is 12.1 Å². The number of nitrogens with zero attached hydrogens (tertiary/aromatic N) is 6. The SMILES string of the molecule is F.FC(F)(F)c1ccc(-c2c(-n3c4ccccc4c4ccccc43)c(-n3c4ccccc4c4ccccc43)nc(-n3c4ccccc4c4ccccc43)c2-n2c3ccccc3c3ccccc32)cc1.Fc1nc(F)c(F)c(-c2ccc(C(F)(F)F)cc2)c1F.O=CO[O-].[H-].[K+].[K+].c1ccc2c(c1)Cc1ccccc1-2. The summed E-state index contributed by atoms with van der Waals surface area (Å²) in [4.78, 5) is 19.7. The molecule has 6 aromatic heterocycles. The van der Waals surface area contributed by atoms with Crippen molar-refractivity contribution in [3.8, 4) is 56.4 Å². The Morgan fingerprint density at radius 3 is 0.852 bits per heavy atom. The van der Waals surface area contributed by atoms with Gasteiger partial charge < -0.3 is 20.7 Å². The van der Waals surface area contributed by atoms with Gasteiger partial charge in [0.1, 0.15) is 11.4 Å². The number of aromatic nitrogens is 6. The minimum atomic E-state index is -4.63. The summed E-state index contributed by atoms with van der Waals surface area (Å²) in [5, 5.41) is 16.8. The third kappa shape index (κ3) is 13.6. The summed E-state index contributed by atoms with van der Waals surface area (Å²) in [5.41, 5.74) is 12.7. The first-order valence-electron chi connectivity index (χ1n) is 33.0. The molecule has 18 aromatic rings. The Hall–Kier alpha value is -9.93. The van der Waals surface area contributed by atoms with Crippen LogP contribution in [0.4, 0.5) is 48.6 Å². The van der Waals surface area contributed by atoms with E-state index in [9.17, 15) is 43.9 Å². The zero-order valence-corrected chi connectivity index (χ0v) is 63.3. The van der Waals surface area contributed by atoms with Crippen molar-refractivity contribution in [1.29, 1.82) is 0 Å². The number of halogens is 11. The number of benzene rings is 12. The van der Waals surface area contributed by atoms with Crippen molar-refractivity contribution in [2.45, 2.75) is 18.8 Å². The Kier molecular flexibility index (Phi) is 22.1. The maximum absolute atomic E-state index is 14.7. The first kappa shape index (κ1) is 76.3. The average Bonchev–Trinajstić information content (AvgIpc) is 1.59. The second-order valence-electron chi connectivity index (χ2n) is 24.8. The monoisotopic (exact) mass is 1500 g/mol. The van der Waals surface area contributed by atoms with Crippen molar-refractivity contribution in [3.63, 3.8) is 0 Å². The number of carbonyl (C=O) groups is 1. The molecule has 9 nitrogen and oxygen atoms in total. The van der Waals surface area contributed by atoms with Gasteiger partial charge in [-0.15, -0.1) is 0 Å². The van der Waals surface area contributed by atoms with E-state index in [0.29, 0.717) is 47.0 Å². The summed E-state index contributed by atoms with van der Waals surface area (Å²) in [6.07, 6.45) is -8.08. The van der Waals surface area contributed by atoms with Crippen LogP contribution in [-0.4, -0.2) is 34.7 Å². The molecule has 0 atom stereocenters. The Morgan fingerprint density at radius 1 is 0.343 bits per heavy atom. The molecule has 0 amide bonds. The third-order valence-electron chi connectivity index (χ3n) is 19.0. The molecule has 12 aromatic carbocycles. The van der Waals surface area contributed by atoms with Crippen LogP contribution in [0.3, 0.4) is 0 Å². The van der Waals surface area contributed by atoms with Crippen LogP contribution in [0.25, 0.3) is 144 Å². The fourth-order valence-electron chi connectivity index (χ4n) is 14.7. The summed E-state index contributed by atoms with van der Waals surface area (Å²) >= 11 is 0. The number of alkyl halides is 6. The van der Waals surface area contributed by atoms with Crippen LogP contribution in [0.1, 0.15) is 23.7 Å². The molecule has 22 heteroatoms. The molecule has 1 aliphatic carbocycles. The first-order chi connectivity index (χ1) is 51.0. The van der Waals surface area contributed by atoms with Gasteiger partial charge in [0.25, 0.3) is 18.4 Å². The number of carbonyl (C=O) groups excluding carboxylic acids is 1. The molecular formula is C86H53F11K2N6O3. The maximum Gasteiger partial charge on any atom is 1.00 e. The van der Waals surface area contributed by atoms with Gasteiger partial charge in [0.05, 0.1) is 60.8 Å². The number of pyridine rings is 2. The van der Waals surface area contributed by atoms with Gasteiger partial charge in [-0.3, -0.25) is 18.6 Å². The molecule has 0 fully saturated rings. The summed E-state index contributed by atoms with van der Waals surface area (Å²) in [5.74, 6) is -6.07. The van der Waals surface area contributed by atoms with E-state index in [1.165, 1.54) is 34.4 Å². The molecule has 0 bridgehead atoms. The second-order valence-corrected chi connectivity index (χ2v) is 24.8. The molecule has 108 heavy (non-hydrogen) atoms. The Morgan fingerprint density at radius 2 is 0.583 bits per heavy atom. The van der Waals surface area contributed by atoms with E-state index in [4.69, 9.17) is 15.0 Å². The van der Waals surface area contributed by atoms with Gasteiger partial charge in [0.2, 0.25) is 0 Å². The topological polar surface area (TPSA) is 94.9 Å². The van der Waals surface area contributed by atoms with Crippen LogP contribution in [0.15, 0.2) is 291 Å². The zero-order chi connectivity index (χ0) is 72.4. The molecule has 0 radical (unpaired) electrons. The Balaban J connectivity index is 0.000000221. The first-order valence-corrected chi connectivity index (χ1v) is 33.0. The van der Waals surface area contributed by atoms with Gasteiger partial charge >= 0.3 is 115 Å². The quantitative estimate of drug-likeness (QED) is 0.0396. The molecule has 0 spiro atoms. The molecular weight excluding hydrogens is 1450 g/mol. The Bertz CT molecular complexity index is 5930. The number of hydrogen-bond acceptors (Lipinski definition) is 5. The van der Waals surface area contributed by atoms with Crippen molar-refractivity contribution in [1.82, 2.24) is 28.2 Å². The molecule has 0 saturated heterocycles. The van der Waals surface area contributed by atoms with Crippen LogP contribution in [0, 0.1) is 23.5 Å². The summed E-state index contributed by atoms with van der Waals surface area (Å²) in [6.45, 7) is -0.181. The molecule has 1 aliphatic rings. The number of hydrogen-bond donors (Lipinski definition) is 0. The summed E-state index contributed by atoms with van der Waals surface area (Å²) in [6, 6.07) is 92.5. The van der Waals surface area contributed by atoms with E-state index >= 15 is 0 Å². The van der Waals surface area contributed by atoms with Gasteiger partial charge in [0.15, 0.2) is 23.3 Å². The van der Waals surface area contributed by atoms with Crippen LogP contribution in [-0.2, 0) is 28.5 Å². The van der Waals surface area contributed by atoms with Crippen molar-refractivity contribution in [3.05, 3.63) is 337 Å². The molecule has 524 valence electrons. The van der Waals surface area contributed by atoms with Gasteiger partial charge in [-0.25, -0.2) is 13.8 Å². The zero-order valence-electron chi connectivity index (χ0n) is 58.1. The fourth-order valence-corrected chi connectivity index (χ4v) is 14.7. The van der Waals surface area contributed by atoms with E-state index in [0.717, 1.165) is 105 Å². The number of rotatable bonds is 7. The minimum absolute atomic E-state index is 0. The van der Waals surface area contributed by atoms with Gasteiger partial charge in [-0.2, -0.15) is 40.1 Å². The Labute approximate surface area is 694 Å². The van der Waals surface area contributed by atoms with Gasteiger partial charge in [-0.05, 0) is 113 Å². The van der Waals surface area contributed by atoms with Crippen molar-refractivity contribution in [2.24, 2.45) is 0 Å². The predicted octanol–water partition coefficient (Wildman–Crippen LogP) is 16.4. The minimum Gasteiger partial charge on any atom is -1.00 e. The molecule has 19 rings (SSSR count). The van der Waals surface area contributed by atoms with E-state index in [2.05, 4.69) is 247 Å². The normalized spacial score (nSPS) is 11.6. The fraction of sp³-hybridized carbons (Fsp3) is 0.0349. The average molecular weight is 1510 g/mol. The number of fused-ring (bicyclic) bond motifs is 15. The molecule has 0 aliphatic heterocycles. The molecule has 6 heterocycles. The molecule has 0 unspecified atom stereocenters. The van der Waals surface area contributed by atoms with Crippen LogP contribution in [0.2, 0.25) is 0 Å². The van der Waals surface area contributed by atoms with Crippen molar-refractivity contribution >= 4 is 93.7 Å².